The molecule has 21 heavy (non-hydrogen) atoms. The van der Waals surface area contributed by atoms with E-state index in [0.29, 0.717) is 17.2 Å². The van der Waals surface area contributed by atoms with Gasteiger partial charge < -0.3 is 14.8 Å². The van der Waals surface area contributed by atoms with Gasteiger partial charge in [-0.25, -0.2) is 9.97 Å². The van der Waals surface area contributed by atoms with Gasteiger partial charge in [0.15, 0.2) is 0 Å². The summed E-state index contributed by atoms with van der Waals surface area (Å²) < 4.78 is 5.37. The zero-order valence-corrected chi connectivity index (χ0v) is 11.8. The van der Waals surface area contributed by atoms with E-state index in [0.717, 1.165) is 0 Å². The maximum absolute atomic E-state index is 12.2. The number of aliphatic hydroxyl groups excluding tert-OH is 1. The van der Waals surface area contributed by atoms with Crippen LogP contribution in [-0.4, -0.2) is 27.6 Å². The summed E-state index contributed by atoms with van der Waals surface area (Å²) in [6.45, 7) is 3.28. The van der Waals surface area contributed by atoms with Crippen LogP contribution in [0.4, 0.5) is 0 Å². The Morgan fingerprint density at radius 2 is 2.33 bits per heavy atom. The molecule has 6 nitrogen and oxygen atoms in total. The van der Waals surface area contributed by atoms with Gasteiger partial charge in [0, 0.05) is 6.20 Å². The van der Waals surface area contributed by atoms with E-state index in [9.17, 15) is 4.79 Å². The van der Waals surface area contributed by atoms with Gasteiger partial charge in [-0.05, 0) is 26.0 Å². The molecular formula is C15H15N3O3. The second-order valence-corrected chi connectivity index (χ2v) is 4.36. The van der Waals surface area contributed by atoms with Gasteiger partial charge in [-0.1, -0.05) is 11.8 Å². The average Bonchev–Trinajstić information content (AvgIpc) is 2.92. The average molecular weight is 285 g/mol. The lowest BCUT2D eigenvalue weighted by molar-refractivity contribution is 0.0928. The Morgan fingerprint density at radius 3 is 3.00 bits per heavy atom. The lowest BCUT2D eigenvalue weighted by Crippen LogP contribution is -2.28. The number of aromatic nitrogens is 2. The van der Waals surface area contributed by atoms with Crippen molar-refractivity contribution in [2.75, 3.05) is 6.61 Å². The SMILES string of the molecule is Cc1cnc(C(C)NC(=O)c2ncccc2C#CCO)o1. The third-order valence-corrected chi connectivity index (χ3v) is 2.68. The quantitative estimate of drug-likeness (QED) is 0.828. The largest absolute Gasteiger partial charge is 0.444 e. The number of pyridine rings is 1. The first-order valence-corrected chi connectivity index (χ1v) is 6.39. The second kappa shape index (κ2) is 6.68. The first kappa shape index (κ1) is 14.8. The van der Waals surface area contributed by atoms with Gasteiger partial charge in [0.1, 0.15) is 24.1 Å². The van der Waals surface area contributed by atoms with Gasteiger partial charge in [0.05, 0.1) is 11.8 Å². The van der Waals surface area contributed by atoms with Crippen LogP contribution in [0.1, 0.15) is 40.7 Å². The molecule has 2 aromatic rings. The summed E-state index contributed by atoms with van der Waals surface area (Å²) >= 11 is 0. The van der Waals surface area contributed by atoms with Gasteiger partial charge in [0.25, 0.3) is 5.91 Å². The van der Waals surface area contributed by atoms with Crippen molar-refractivity contribution in [2.24, 2.45) is 0 Å². The number of aryl methyl sites for hydroxylation is 1. The third kappa shape index (κ3) is 3.68. The lowest BCUT2D eigenvalue weighted by atomic mass is 10.1. The number of nitrogens with one attached hydrogen (secondary N) is 1. The summed E-state index contributed by atoms with van der Waals surface area (Å²) in [4.78, 5) is 20.4. The predicted octanol–water partition coefficient (Wildman–Crippen LogP) is 1.21. The number of carbonyl (C=O) groups excluding carboxylic acids is 1. The monoisotopic (exact) mass is 285 g/mol. The van der Waals surface area contributed by atoms with Gasteiger partial charge in [-0.3, -0.25) is 4.79 Å². The lowest BCUT2D eigenvalue weighted by Gasteiger charge is -2.10. The molecular weight excluding hydrogens is 270 g/mol. The van der Waals surface area contributed by atoms with E-state index in [-0.39, 0.29) is 24.2 Å². The molecule has 0 bridgehead atoms. The van der Waals surface area contributed by atoms with Gasteiger partial charge in [0.2, 0.25) is 5.89 Å². The molecule has 108 valence electrons. The number of aliphatic hydroxyl groups is 1. The minimum absolute atomic E-state index is 0.202. The Balaban J connectivity index is 2.17. The fourth-order valence-corrected chi connectivity index (χ4v) is 1.72. The maximum atomic E-state index is 12.2. The van der Waals surface area contributed by atoms with Crippen molar-refractivity contribution in [3.05, 3.63) is 47.4 Å². The molecule has 0 aromatic carbocycles. The smallest absolute Gasteiger partial charge is 0.271 e. The summed E-state index contributed by atoms with van der Waals surface area (Å²) in [7, 11) is 0. The molecule has 0 aliphatic rings. The van der Waals surface area contributed by atoms with Crippen LogP contribution >= 0.6 is 0 Å². The number of carbonyl (C=O) groups is 1. The number of hydrogen-bond donors (Lipinski definition) is 2. The van der Waals surface area contributed by atoms with Crippen LogP contribution in [0.5, 0.6) is 0 Å². The summed E-state index contributed by atoms with van der Waals surface area (Å²) in [6, 6.07) is 2.97. The normalized spacial score (nSPS) is 11.4. The van der Waals surface area contributed by atoms with Crippen molar-refractivity contribution < 1.29 is 14.3 Å². The first-order valence-electron chi connectivity index (χ1n) is 6.39. The highest BCUT2D eigenvalue weighted by Gasteiger charge is 2.18. The summed E-state index contributed by atoms with van der Waals surface area (Å²) in [5.41, 5.74) is 0.661. The fourth-order valence-electron chi connectivity index (χ4n) is 1.72. The molecule has 2 heterocycles. The van der Waals surface area contributed by atoms with E-state index in [1.54, 1.807) is 32.2 Å². The van der Waals surface area contributed by atoms with Crippen molar-refractivity contribution in [3.63, 3.8) is 0 Å². The molecule has 1 unspecified atom stereocenters. The third-order valence-electron chi connectivity index (χ3n) is 2.68. The topological polar surface area (TPSA) is 88.2 Å². The standard InChI is InChI=1S/C15H15N3O3/c1-10-9-17-15(21-10)11(2)18-14(20)13-12(6-4-8-19)5-3-7-16-13/h3,5,7,9,11,19H,8H2,1-2H3,(H,18,20). The van der Waals surface area contributed by atoms with Gasteiger partial charge >= 0.3 is 0 Å². The molecule has 1 atom stereocenters. The fraction of sp³-hybridized carbons (Fsp3) is 0.267. The van der Waals surface area contributed by atoms with Gasteiger partial charge in [-0.2, -0.15) is 0 Å². The van der Waals surface area contributed by atoms with Crippen LogP contribution < -0.4 is 5.32 Å². The van der Waals surface area contributed by atoms with Crippen LogP contribution in [-0.2, 0) is 0 Å². The Hall–Kier alpha value is -2.65. The Morgan fingerprint density at radius 1 is 1.52 bits per heavy atom. The van der Waals surface area contributed by atoms with Crippen molar-refractivity contribution >= 4 is 5.91 Å². The van der Waals surface area contributed by atoms with E-state index < -0.39 is 0 Å². The molecule has 0 spiro atoms. The highest BCUT2D eigenvalue weighted by molar-refractivity contribution is 5.94. The van der Waals surface area contributed by atoms with E-state index in [2.05, 4.69) is 27.1 Å². The van der Waals surface area contributed by atoms with Crippen molar-refractivity contribution in [2.45, 2.75) is 19.9 Å². The highest BCUT2D eigenvalue weighted by Crippen LogP contribution is 2.13. The Kier molecular flexibility index (Phi) is 4.69. The maximum Gasteiger partial charge on any atom is 0.271 e. The Bertz CT molecular complexity index is 697. The van der Waals surface area contributed by atoms with E-state index in [1.807, 2.05) is 0 Å². The molecule has 1 amide bonds. The van der Waals surface area contributed by atoms with Crippen LogP contribution in [0.15, 0.2) is 28.9 Å². The second-order valence-electron chi connectivity index (χ2n) is 4.36. The van der Waals surface area contributed by atoms with Gasteiger partial charge in [-0.15, -0.1) is 0 Å². The van der Waals surface area contributed by atoms with Crippen LogP contribution in [0, 0.1) is 18.8 Å². The summed E-state index contributed by atoms with van der Waals surface area (Å²) in [6.07, 6.45) is 3.11. The predicted molar refractivity (Wildman–Crippen MR) is 75.3 cm³/mol. The molecule has 0 saturated carbocycles. The highest BCUT2D eigenvalue weighted by atomic mass is 16.4. The molecule has 0 saturated heterocycles. The first-order chi connectivity index (χ1) is 10.1. The molecule has 0 fully saturated rings. The number of oxazole rings is 1. The van der Waals surface area contributed by atoms with Crippen molar-refractivity contribution in [1.29, 1.82) is 0 Å². The molecule has 0 aliphatic carbocycles. The summed E-state index contributed by atoms with van der Waals surface area (Å²) in [5, 5.41) is 11.5. The number of rotatable bonds is 3. The summed E-state index contributed by atoms with van der Waals surface area (Å²) in [5.74, 6) is 5.94. The molecule has 0 radical (unpaired) electrons. The van der Waals surface area contributed by atoms with E-state index in [1.165, 1.54) is 6.20 Å². The number of nitrogens with zero attached hydrogens (tertiary/aromatic N) is 2. The van der Waals surface area contributed by atoms with Crippen molar-refractivity contribution in [1.82, 2.24) is 15.3 Å². The number of hydrogen-bond acceptors (Lipinski definition) is 5. The molecule has 0 aliphatic heterocycles. The van der Waals surface area contributed by atoms with Crippen molar-refractivity contribution in [3.8, 4) is 11.8 Å². The minimum atomic E-state index is -0.383. The van der Waals surface area contributed by atoms with Crippen LogP contribution in [0.3, 0.4) is 0 Å². The van der Waals surface area contributed by atoms with E-state index in [4.69, 9.17) is 9.52 Å². The molecule has 6 heteroatoms. The zero-order valence-electron chi connectivity index (χ0n) is 11.8. The molecule has 2 rings (SSSR count). The Labute approximate surface area is 122 Å². The van der Waals surface area contributed by atoms with E-state index >= 15 is 0 Å². The molecule has 2 aromatic heterocycles. The number of amides is 1. The minimum Gasteiger partial charge on any atom is -0.444 e. The van der Waals surface area contributed by atoms with Crippen LogP contribution in [0.25, 0.3) is 0 Å². The zero-order chi connectivity index (χ0) is 15.2. The molecule has 2 N–H and O–H groups in total. The van der Waals surface area contributed by atoms with Crippen LogP contribution in [0.2, 0.25) is 0 Å².